The number of ether oxygens (including phenoxy) is 1. The van der Waals surface area contributed by atoms with Crippen LogP contribution in [0, 0.1) is 24.6 Å². The topological polar surface area (TPSA) is 75.7 Å². The van der Waals surface area contributed by atoms with Gasteiger partial charge >= 0.3 is 5.97 Å². The molecule has 0 unspecified atom stereocenters. The zero-order chi connectivity index (χ0) is 20.9. The second-order valence-corrected chi connectivity index (χ2v) is 7.72. The summed E-state index contributed by atoms with van der Waals surface area (Å²) in [6.07, 6.45) is 0. The van der Waals surface area contributed by atoms with E-state index in [2.05, 4.69) is 5.32 Å². The number of fused-ring (bicyclic) bond motifs is 1. The number of carbonyl (C=O) groups is 3. The van der Waals surface area contributed by atoms with E-state index in [4.69, 9.17) is 4.74 Å². The highest BCUT2D eigenvalue weighted by atomic mass is 19.1. The van der Waals surface area contributed by atoms with Crippen LogP contribution in [0.15, 0.2) is 48.5 Å². The van der Waals surface area contributed by atoms with E-state index in [0.29, 0.717) is 11.3 Å². The molecule has 0 aromatic heterocycles. The number of esters is 1. The van der Waals surface area contributed by atoms with E-state index in [0.717, 1.165) is 10.5 Å². The Balaban J connectivity index is 1.81. The van der Waals surface area contributed by atoms with E-state index in [1.807, 2.05) is 19.1 Å². The summed E-state index contributed by atoms with van der Waals surface area (Å²) in [5.74, 6) is -3.61. The molecule has 0 aliphatic carbocycles. The second-order valence-electron chi connectivity index (χ2n) is 7.72. The minimum Gasteiger partial charge on any atom is -0.468 e. The molecule has 29 heavy (non-hydrogen) atoms. The fraction of sp³-hybridized carbons (Fsp3) is 0.318. The Kier molecular flexibility index (Phi) is 4.50. The average Bonchev–Trinajstić information content (AvgIpc) is 3.17. The molecule has 1 N–H and O–H groups in total. The summed E-state index contributed by atoms with van der Waals surface area (Å²) in [4.78, 5) is 40.5. The first-order valence-electron chi connectivity index (χ1n) is 9.34. The molecule has 2 aromatic rings. The summed E-state index contributed by atoms with van der Waals surface area (Å²) in [5.41, 5.74) is 0.703. The maximum atomic E-state index is 13.4. The summed E-state index contributed by atoms with van der Waals surface area (Å²) < 4.78 is 18.4. The zero-order valence-corrected chi connectivity index (χ0v) is 16.3. The molecular weight excluding hydrogens is 375 g/mol. The highest BCUT2D eigenvalue weighted by Gasteiger charge is 2.67. The van der Waals surface area contributed by atoms with Crippen molar-refractivity contribution in [3.63, 3.8) is 0 Å². The molecular formula is C22H21FN2O4. The Morgan fingerprint density at radius 3 is 2.28 bits per heavy atom. The van der Waals surface area contributed by atoms with Gasteiger partial charge in [-0.25, -0.2) is 9.29 Å². The SMILES string of the molecule is COC(=O)[C@]1(C)N[C@@H](c2ccc(F)cc2)[C@H]2C(=O)N(c3ccc(C)cc3)C(=O)[C@@H]21. The van der Waals surface area contributed by atoms with E-state index < -0.39 is 47.0 Å². The number of benzene rings is 2. The molecule has 2 aromatic carbocycles. The van der Waals surface area contributed by atoms with E-state index >= 15 is 0 Å². The molecule has 2 saturated heterocycles. The molecule has 2 amide bonds. The van der Waals surface area contributed by atoms with Crippen molar-refractivity contribution in [3.8, 4) is 0 Å². The molecule has 0 spiro atoms. The lowest BCUT2D eigenvalue weighted by Crippen LogP contribution is -2.54. The van der Waals surface area contributed by atoms with Crippen LogP contribution in [0.4, 0.5) is 10.1 Å². The van der Waals surface area contributed by atoms with E-state index in [1.54, 1.807) is 31.2 Å². The maximum Gasteiger partial charge on any atom is 0.326 e. The van der Waals surface area contributed by atoms with E-state index in [-0.39, 0.29) is 0 Å². The van der Waals surface area contributed by atoms with Gasteiger partial charge in [0.25, 0.3) is 0 Å². The normalized spacial score (nSPS) is 28.6. The molecule has 2 fully saturated rings. The molecule has 2 aliphatic rings. The van der Waals surface area contributed by atoms with Crippen molar-refractivity contribution in [1.82, 2.24) is 5.32 Å². The van der Waals surface area contributed by atoms with Crippen molar-refractivity contribution in [2.75, 3.05) is 12.0 Å². The lowest BCUT2D eigenvalue weighted by atomic mass is 9.80. The fourth-order valence-electron chi connectivity index (χ4n) is 4.44. The lowest BCUT2D eigenvalue weighted by Gasteiger charge is -2.28. The number of nitrogens with zero attached hydrogens (tertiary/aromatic N) is 1. The first kappa shape index (κ1) is 19.3. The molecule has 4 rings (SSSR count). The van der Waals surface area contributed by atoms with E-state index in [1.165, 1.54) is 19.2 Å². The fourth-order valence-corrected chi connectivity index (χ4v) is 4.44. The van der Waals surface area contributed by atoms with Gasteiger partial charge in [-0.1, -0.05) is 29.8 Å². The third-order valence-electron chi connectivity index (χ3n) is 5.92. The number of anilines is 1. The number of hydrogen-bond donors (Lipinski definition) is 1. The largest absolute Gasteiger partial charge is 0.468 e. The van der Waals surface area contributed by atoms with Crippen molar-refractivity contribution in [2.45, 2.75) is 25.4 Å². The molecule has 6 nitrogen and oxygen atoms in total. The van der Waals surface area contributed by atoms with Gasteiger partial charge in [0.1, 0.15) is 11.4 Å². The Bertz CT molecular complexity index is 989. The molecule has 0 bridgehead atoms. The quantitative estimate of drug-likeness (QED) is 0.637. The van der Waals surface area contributed by atoms with Gasteiger partial charge in [0.2, 0.25) is 11.8 Å². The van der Waals surface area contributed by atoms with Crippen LogP contribution in [-0.4, -0.2) is 30.4 Å². The summed E-state index contributed by atoms with van der Waals surface area (Å²) in [7, 11) is 1.24. The number of halogens is 1. The zero-order valence-electron chi connectivity index (χ0n) is 16.3. The molecule has 4 atom stereocenters. The van der Waals surface area contributed by atoms with Crippen LogP contribution < -0.4 is 10.2 Å². The van der Waals surface area contributed by atoms with Crippen LogP contribution in [0.2, 0.25) is 0 Å². The van der Waals surface area contributed by atoms with Crippen molar-refractivity contribution < 1.29 is 23.5 Å². The van der Waals surface area contributed by atoms with Crippen LogP contribution in [0.5, 0.6) is 0 Å². The number of aryl methyl sites for hydroxylation is 1. The van der Waals surface area contributed by atoms with Gasteiger partial charge in [-0.05, 0) is 43.7 Å². The predicted octanol–water partition coefficient (Wildman–Crippen LogP) is 2.52. The molecule has 0 saturated carbocycles. The number of nitrogens with one attached hydrogen (secondary N) is 1. The third-order valence-corrected chi connectivity index (χ3v) is 5.92. The minimum absolute atomic E-state index is 0.390. The van der Waals surface area contributed by atoms with Gasteiger partial charge in [0.05, 0.1) is 24.6 Å². The lowest BCUT2D eigenvalue weighted by molar-refractivity contribution is -0.151. The van der Waals surface area contributed by atoms with Crippen LogP contribution in [0.1, 0.15) is 24.1 Å². The number of methoxy groups -OCH3 is 1. The van der Waals surface area contributed by atoms with Crippen LogP contribution in [-0.2, 0) is 19.1 Å². The summed E-state index contributed by atoms with van der Waals surface area (Å²) in [5, 5.41) is 3.13. The Labute approximate surface area is 167 Å². The summed E-state index contributed by atoms with van der Waals surface area (Å²) in [6, 6.07) is 12.1. The Morgan fingerprint density at radius 1 is 1.07 bits per heavy atom. The highest BCUT2D eigenvalue weighted by molar-refractivity contribution is 6.24. The average molecular weight is 396 g/mol. The number of imide groups is 1. The molecule has 2 aliphatic heterocycles. The van der Waals surface area contributed by atoms with Crippen molar-refractivity contribution >= 4 is 23.5 Å². The van der Waals surface area contributed by atoms with Crippen molar-refractivity contribution in [2.24, 2.45) is 11.8 Å². The first-order chi connectivity index (χ1) is 13.8. The number of carbonyl (C=O) groups excluding carboxylic acids is 3. The molecule has 0 radical (unpaired) electrons. The summed E-state index contributed by atoms with van der Waals surface area (Å²) >= 11 is 0. The Morgan fingerprint density at radius 2 is 1.69 bits per heavy atom. The van der Waals surface area contributed by atoms with Gasteiger partial charge in [-0.15, -0.1) is 0 Å². The van der Waals surface area contributed by atoms with Crippen LogP contribution >= 0.6 is 0 Å². The van der Waals surface area contributed by atoms with Gasteiger partial charge in [-0.3, -0.25) is 19.7 Å². The highest BCUT2D eigenvalue weighted by Crippen LogP contribution is 2.49. The van der Waals surface area contributed by atoms with Crippen molar-refractivity contribution in [3.05, 3.63) is 65.5 Å². The minimum atomic E-state index is -1.38. The predicted molar refractivity (Wildman–Crippen MR) is 103 cm³/mol. The first-order valence-corrected chi connectivity index (χ1v) is 9.34. The Hall–Kier alpha value is -3.06. The van der Waals surface area contributed by atoms with Gasteiger partial charge in [-0.2, -0.15) is 0 Å². The number of hydrogen-bond acceptors (Lipinski definition) is 5. The molecule has 7 heteroatoms. The molecule has 2 heterocycles. The maximum absolute atomic E-state index is 13.4. The molecule has 150 valence electrons. The van der Waals surface area contributed by atoms with Gasteiger partial charge < -0.3 is 4.74 Å². The number of rotatable bonds is 3. The van der Waals surface area contributed by atoms with E-state index in [9.17, 15) is 18.8 Å². The second kappa shape index (κ2) is 6.77. The van der Waals surface area contributed by atoms with Crippen LogP contribution in [0.25, 0.3) is 0 Å². The third kappa shape index (κ3) is 2.84. The van der Waals surface area contributed by atoms with Crippen molar-refractivity contribution in [1.29, 1.82) is 0 Å². The monoisotopic (exact) mass is 396 g/mol. The summed E-state index contributed by atoms with van der Waals surface area (Å²) in [6.45, 7) is 3.48. The smallest absolute Gasteiger partial charge is 0.326 e. The number of amides is 2. The van der Waals surface area contributed by atoms with Crippen LogP contribution in [0.3, 0.4) is 0 Å². The standard InChI is InChI=1S/C22H21FN2O4/c1-12-4-10-15(11-5-12)25-19(26)16-17(20(25)27)22(2,21(28)29-3)24-18(16)13-6-8-14(23)9-7-13/h4-11,16-18,24H,1-3H3/t16-,17+,18-,22+/m0/s1. The van der Waals surface area contributed by atoms with Gasteiger partial charge in [0, 0.05) is 6.04 Å². The van der Waals surface area contributed by atoms with Gasteiger partial charge in [0.15, 0.2) is 0 Å².